The highest BCUT2D eigenvalue weighted by Gasteiger charge is 2.22. The van der Waals surface area contributed by atoms with E-state index in [1.54, 1.807) is 19.1 Å². The molecule has 0 radical (unpaired) electrons. The van der Waals surface area contributed by atoms with Crippen molar-refractivity contribution in [3.63, 3.8) is 0 Å². The van der Waals surface area contributed by atoms with Crippen LogP contribution in [0.1, 0.15) is 31.4 Å². The van der Waals surface area contributed by atoms with Crippen molar-refractivity contribution in [3.05, 3.63) is 28.8 Å². The lowest BCUT2D eigenvalue weighted by molar-refractivity contribution is 0.190. The summed E-state index contributed by atoms with van der Waals surface area (Å²) < 4.78 is 5.66. The number of ether oxygens (including phenoxy) is 1. The molecule has 1 N–H and O–H groups in total. The Hall–Kier alpha value is -0.730. The summed E-state index contributed by atoms with van der Waals surface area (Å²) in [5, 5.41) is 10.2. The zero-order chi connectivity index (χ0) is 10.8. The molecule has 2 rings (SSSR count). The maximum atomic E-state index is 9.57. The number of aliphatic hydroxyl groups excluding tert-OH is 1. The summed E-state index contributed by atoms with van der Waals surface area (Å²) in [4.78, 5) is 0. The first-order chi connectivity index (χ1) is 7.16. The molecule has 0 aliphatic heterocycles. The van der Waals surface area contributed by atoms with E-state index in [2.05, 4.69) is 0 Å². The Morgan fingerprint density at radius 3 is 2.87 bits per heavy atom. The first-order valence-corrected chi connectivity index (χ1v) is 5.65. The van der Waals surface area contributed by atoms with Crippen LogP contribution >= 0.6 is 11.6 Å². The maximum Gasteiger partial charge on any atom is 0.125 e. The first-order valence-electron chi connectivity index (χ1n) is 5.27. The number of benzene rings is 1. The van der Waals surface area contributed by atoms with Crippen molar-refractivity contribution in [1.82, 2.24) is 0 Å². The molecule has 0 heterocycles. The Bertz CT molecular complexity index is 345. The van der Waals surface area contributed by atoms with Crippen LogP contribution in [0.25, 0.3) is 0 Å². The third kappa shape index (κ3) is 2.86. The van der Waals surface area contributed by atoms with Crippen LogP contribution < -0.4 is 4.74 Å². The Balaban J connectivity index is 2.12. The summed E-state index contributed by atoms with van der Waals surface area (Å²) >= 11 is 5.87. The van der Waals surface area contributed by atoms with Gasteiger partial charge in [0.1, 0.15) is 5.75 Å². The van der Waals surface area contributed by atoms with Gasteiger partial charge >= 0.3 is 0 Å². The Morgan fingerprint density at radius 1 is 1.53 bits per heavy atom. The topological polar surface area (TPSA) is 29.5 Å². The molecule has 0 spiro atoms. The quantitative estimate of drug-likeness (QED) is 0.855. The van der Waals surface area contributed by atoms with Gasteiger partial charge in [-0.1, -0.05) is 11.6 Å². The minimum absolute atomic E-state index is 0.544. The van der Waals surface area contributed by atoms with E-state index in [9.17, 15) is 5.11 Å². The number of aliphatic hydroxyl groups is 1. The summed E-state index contributed by atoms with van der Waals surface area (Å²) in [6.45, 7) is 2.47. The van der Waals surface area contributed by atoms with E-state index in [0.717, 1.165) is 17.9 Å². The highest BCUT2D eigenvalue weighted by molar-refractivity contribution is 6.30. The second-order valence-corrected chi connectivity index (χ2v) is 4.55. The average molecular weight is 227 g/mol. The normalized spacial score (nSPS) is 17.5. The molecule has 82 valence electrons. The molecule has 1 aromatic rings. The number of halogens is 1. The average Bonchev–Trinajstić information content (AvgIpc) is 2.99. The van der Waals surface area contributed by atoms with E-state index in [1.807, 2.05) is 6.07 Å². The summed E-state index contributed by atoms with van der Waals surface area (Å²) in [6.07, 6.45) is 1.98. The van der Waals surface area contributed by atoms with E-state index in [-0.39, 0.29) is 0 Å². The largest absolute Gasteiger partial charge is 0.493 e. The molecule has 0 saturated heterocycles. The fraction of sp³-hybridized carbons (Fsp3) is 0.500. The molecular formula is C12H15ClO2. The summed E-state index contributed by atoms with van der Waals surface area (Å²) in [5.41, 5.74) is 0.767. The number of hydrogen-bond donors (Lipinski definition) is 1. The van der Waals surface area contributed by atoms with Crippen molar-refractivity contribution in [2.75, 3.05) is 6.61 Å². The summed E-state index contributed by atoms with van der Waals surface area (Å²) in [6, 6.07) is 5.37. The van der Waals surface area contributed by atoms with Gasteiger partial charge in [-0.05, 0) is 43.9 Å². The standard InChI is InChI=1S/C12H15ClO2/c1-8(14)11-6-10(13)4-5-12(11)15-7-9-2-3-9/h4-6,8-9,14H,2-3,7H2,1H3. The highest BCUT2D eigenvalue weighted by atomic mass is 35.5. The second kappa shape index (κ2) is 4.42. The van der Waals surface area contributed by atoms with Crippen LogP contribution in [0.2, 0.25) is 5.02 Å². The minimum atomic E-state index is -0.544. The summed E-state index contributed by atoms with van der Waals surface area (Å²) in [7, 11) is 0. The zero-order valence-electron chi connectivity index (χ0n) is 8.74. The molecule has 1 saturated carbocycles. The van der Waals surface area contributed by atoms with Crippen LogP contribution in [-0.4, -0.2) is 11.7 Å². The fourth-order valence-corrected chi connectivity index (χ4v) is 1.65. The molecule has 0 aromatic heterocycles. The van der Waals surface area contributed by atoms with Crippen molar-refractivity contribution in [1.29, 1.82) is 0 Å². The molecule has 1 aromatic carbocycles. The Morgan fingerprint density at radius 2 is 2.27 bits per heavy atom. The van der Waals surface area contributed by atoms with Crippen molar-refractivity contribution in [3.8, 4) is 5.75 Å². The van der Waals surface area contributed by atoms with Gasteiger partial charge in [-0.2, -0.15) is 0 Å². The first kappa shape index (κ1) is 10.8. The van der Waals surface area contributed by atoms with E-state index >= 15 is 0 Å². The van der Waals surface area contributed by atoms with Gasteiger partial charge in [0.2, 0.25) is 0 Å². The Kier molecular flexibility index (Phi) is 3.17. The molecular weight excluding hydrogens is 212 g/mol. The monoisotopic (exact) mass is 226 g/mol. The molecule has 2 nitrogen and oxygen atoms in total. The smallest absolute Gasteiger partial charge is 0.125 e. The molecule has 1 fully saturated rings. The molecule has 15 heavy (non-hydrogen) atoms. The van der Waals surface area contributed by atoms with Crippen molar-refractivity contribution in [2.24, 2.45) is 5.92 Å². The van der Waals surface area contributed by atoms with Crippen molar-refractivity contribution in [2.45, 2.75) is 25.9 Å². The van der Waals surface area contributed by atoms with Gasteiger partial charge in [-0.15, -0.1) is 0 Å². The Labute approximate surface area is 94.8 Å². The van der Waals surface area contributed by atoms with Gasteiger partial charge in [0.05, 0.1) is 12.7 Å². The molecule has 1 unspecified atom stereocenters. The molecule has 0 bridgehead atoms. The molecule has 1 atom stereocenters. The third-order valence-electron chi connectivity index (χ3n) is 2.59. The van der Waals surface area contributed by atoms with E-state index in [0.29, 0.717) is 10.9 Å². The molecule has 0 amide bonds. The minimum Gasteiger partial charge on any atom is -0.493 e. The van der Waals surface area contributed by atoms with Crippen LogP contribution in [0, 0.1) is 5.92 Å². The molecule has 1 aliphatic carbocycles. The number of hydrogen-bond acceptors (Lipinski definition) is 2. The van der Waals surface area contributed by atoms with Crippen LogP contribution in [0.15, 0.2) is 18.2 Å². The second-order valence-electron chi connectivity index (χ2n) is 4.11. The van der Waals surface area contributed by atoms with E-state index in [1.165, 1.54) is 12.8 Å². The van der Waals surface area contributed by atoms with Crippen LogP contribution in [0.5, 0.6) is 5.75 Å². The van der Waals surface area contributed by atoms with Gasteiger partial charge in [-0.3, -0.25) is 0 Å². The lowest BCUT2D eigenvalue weighted by atomic mass is 10.1. The maximum absolute atomic E-state index is 9.57. The van der Waals surface area contributed by atoms with Gasteiger partial charge in [0.15, 0.2) is 0 Å². The SMILES string of the molecule is CC(O)c1cc(Cl)ccc1OCC1CC1. The van der Waals surface area contributed by atoms with E-state index < -0.39 is 6.10 Å². The van der Waals surface area contributed by atoms with E-state index in [4.69, 9.17) is 16.3 Å². The van der Waals surface area contributed by atoms with Gasteiger partial charge in [-0.25, -0.2) is 0 Å². The lowest BCUT2D eigenvalue weighted by Gasteiger charge is -2.13. The van der Waals surface area contributed by atoms with Gasteiger partial charge in [0.25, 0.3) is 0 Å². The van der Waals surface area contributed by atoms with Gasteiger partial charge in [0, 0.05) is 10.6 Å². The van der Waals surface area contributed by atoms with Crippen LogP contribution in [0.3, 0.4) is 0 Å². The van der Waals surface area contributed by atoms with Crippen LogP contribution in [-0.2, 0) is 0 Å². The molecule has 1 aliphatic rings. The predicted molar refractivity (Wildman–Crippen MR) is 60.3 cm³/mol. The highest BCUT2D eigenvalue weighted by Crippen LogP contribution is 2.32. The lowest BCUT2D eigenvalue weighted by Crippen LogP contribution is -2.03. The van der Waals surface area contributed by atoms with Crippen molar-refractivity contribution < 1.29 is 9.84 Å². The third-order valence-corrected chi connectivity index (χ3v) is 2.83. The number of rotatable bonds is 4. The van der Waals surface area contributed by atoms with Crippen molar-refractivity contribution >= 4 is 11.6 Å². The van der Waals surface area contributed by atoms with Crippen LogP contribution in [0.4, 0.5) is 0 Å². The summed E-state index contributed by atoms with van der Waals surface area (Å²) in [5.74, 6) is 1.46. The fourth-order valence-electron chi connectivity index (χ4n) is 1.47. The predicted octanol–water partition coefficient (Wildman–Crippen LogP) is 3.18. The zero-order valence-corrected chi connectivity index (χ0v) is 9.50. The molecule has 3 heteroatoms. The van der Waals surface area contributed by atoms with Gasteiger partial charge < -0.3 is 9.84 Å².